The molecule has 102 valence electrons. The van der Waals surface area contributed by atoms with Crippen LogP contribution in [-0.2, 0) is 9.84 Å². The van der Waals surface area contributed by atoms with Crippen LogP contribution < -0.4 is 10.6 Å². The summed E-state index contributed by atoms with van der Waals surface area (Å²) in [5.41, 5.74) is 7.63. The van der Waals surface area contributed by atoms with Crippen LogP contribution in [0.25, 0.3) is 11.1 Å². The number of nitrogens with zero attached hydrogens (tertiary/aromatic N) is 2. The van der Waals surface area contributed by atoms with Crippen LogP contribution in [0.2, 0.25) is 0 Å². The van der Waals surface area contributed by atoms with Gasteiger partial charge in [-0.3, -0.25) is 0 Å². The lowest BCUT2D eigenvalue weighted by atomic mass is 10.2. The summed E-state index contributed by atoms with van der Waals surface area (Å²) in [5, 5.41) is 0. The van der Waals surface area contributed by atoms with E-state index in [1.54, 1.807) is 30.1 Å². The molecule has 3 rings (SSSR count). The molecule has 1 aliphatic heterocycles. The first-order chi connectivity index (χ1) is 8.94. The second kappa shape index (κ2) is 4.12. The Hall–Kier alpha value is -1.76. The third-order valence-electron chi connectivity index (χ3n) is 3.46. The smallest absolute Gasteiger partial charge is 0.298 e. The lowest BCUT2D eigenvalue weighted by Crippen LogP contribution is -2.32. The van der Waals surface area contributed by atoms with Crippen molar-refractivity contribution in [3.05, 3.63) is 18.2 Å². The molecule has 0 amide bonds. The Kier molecular flexibility index (Phi) is 2.67. The van der Waals surface area contributed by atoms with Gasteiger partial charge in [0.05, 0.1) is 11.5 Å². The molecule has 1 aromatic carbocycles. The molecule has 2 heterocycles. The average molecular weight is 281 g/mol. The Morgan fingerprint density at radius 3 is 2.95 bits per heavy atom. The van der Waals surface area contributed by atoms with Crippen molar-refractivity contribution in [1.82, 2.24) is 4.98 Å². The predicted molar refractivity (Wildman–Crippen MR) is 73.9 cm³/mol. The second-order valence-corrected chi connectivity index (χ2v) is 7.12. The number of anilines is 2. The molecule has 0 spiro atoms. The molecule has 0 aliphatic carbocycles. The van der Waals surface area contributed by atoms with Crippen LogP contribution in [-0.4, -0.2) is 38.0 Å². The molecule has 2 N–H and O–H groups in total. The summed E-state index contributed by atoms with van der Waals surface area (Å²) in [7, 11) is -1.11. The van der Waals surface area contributed by atoms with Crippen molar-refractivity contribution in [3.63, 3.8) is 0 Å². The number of nitrogen functional groups attached to an aromatic ring is 1. The van der Waals surface area contributed by atoms with Gasteiger partial charge in [0.1, 0.15) is 5.52 Å². The summed E-state index contributed by atoms with van der Waals surface area (Å²) in [6.45, 7) is 0. The minimum Gasteiger partial charge on any atom is -0.423 e. The minimum absolute atomic E-state index is 0.0737. The molecule has 0 saturated carbocycles. The molecule has 7 heteroatoms. The summed E-state index contributed by atoms with van der Waals surface area (Å²) in [5.74, 6) is 0.388. The maximum Gasteiger partial charge on any atom is 0.298 e. The molecule has 0 radical (unpaired) electrons. The zero-order valence-corrected chi connectivity index (χ0v) is 11.4. The van der Waals surface area contributed by atoms with Crippen molar-refractivity contribution in [2.75, 3.05) is 29.2 Å². The van der Waals surface area contributed by atoms with Crippen molar-refractivity contribution >= 4 is 32.6 Å². The Morgan fingerprint density at radius 1 is 1.47 bits per heavy atom. The Balaban J connectivity index is 1.91. The number of sulfone groups is 1. The topological polar surface area (TPSA) is 89.4 Å². The average Bonchev–Trinajstić information content (AvgIpc) is 2.90. The molecule has 1 atom stereocenters. The van der Waals surface area contributed by atoms with Crippen LogP contribution in [0.4, 0.5) is 11.7 Å². The Bertz CT molecular complexity index is 723. The van der Waals surface area contributed by atoms with Crippen LogP contribution in [0.5, 0.6) is 0 Å². The van der Waals surface area contributed by atoms with E-state index in [9.17, 15) is 8.42 Å². The second-order valence-electron chi connectivity index (χ2n) is 4.89. The van der Waals surface area contributed by atoms with Gasteiger partial charge in [0, 0.05) is 24.8 Å². The number of benzene rings is 1. The molecule has 1 unspecified atom stereocenters. The summed E-state index contributed by atoms with van der Waals surface area (Å²) >= 11 is 0. The maximum absolute atomic E-state index is 11.5. The fraction of sp³-hybridized carbons (Fsp3) is 0.417. The van der Waals surface area contributed by atoms with E-state index in [2.05, 4.69) is 4.98 Å². The first-order valence-electron chi connectivity index (χ1n) is 6.04. The number of aromatic nitrogens is 1. The highest BCUT2D eigenvalue weighted by Crippen LogP contribution is 2.27. The van der Waals surface area contributed by atoms with E-state index in [-0.39, 0.29) is 17.5 Å². The Labute approximate surface area is 111 Å². The quantitative estimate of drug-likeness (QED) is 0.827. The van der Waals surface area contributed by atoms with Gasteiger partial charge in [0.25, 0.3) is 6.01 Å². The van der Waals surface area contributed by atoms with E-state index in [0.29, 0.717) is 23.7 Å². The van der Waals surface area contributed by atoms with Crippen LogP contribution in [0.3, 0.4) is 0 Å². The largest absolute Gasteiger partial charge is 0.423 e. The van der Waals surface area contributed by atoms with Gasteiger partial charge in [0.15, 0.2) is 15.4 Å². The predicted octanol–water partition coefficient (Wildman–Crippen LogP) is 1.03. The number of oxazole rings is 1. The molecule has 1 fully saturated rings. The molecule has 2 aromatic rings. The van der Waals surface area contributed by atoms with Crippen LogP contribution >= 0.6 is 0 Å². The van der Waals surface area contributed by atoms with Crippen LogP contribution in [0.15, 0.2) is 22.6 Å². The van der Waals surface area contributed by atoms with Gasteiger partial charge in [-0.05, 0) is 18.6 Å². The number of hydrogen-bond donors (Lipinski definition) is 1. The standard InChI is InChI=1S/C12H15N3O3S/c1-15(9-4-5-19(16,17)7-9)12-14-10-3-2-8(13)6-11(10)18-12/h2-3,6,9H,4-5,7,13H2,1H3. The van der Waals surface area contributed by atoms with E-state index in [1.165, 1.54) is 0 Å². The summed E-state index contributed by atoms with van der Waals surface area (Å²) in [4.78, 5) is 6.15. The molecule has 1 aliphatic rings. The van der Waals surface area contributed by atoms with Crippen LogP contribution in [0.1, 0.15) is 6.42 Å². The number of rotatable bonds is 2. The third kappa shape index (κ3) is 2.25. The SMILES string of the molecule is CN(c1nc2ccc(N)cc2o1)C1CCS(=O)(=O)C1. The van der Waals surface area contributed by atoms with Crippen molar-refractivity contribution in [1.29, 1.82) is 0 Å². The molecule has 0 bridgehead atoms. The molecular weight excluding hydrogens is 266 g/mol. The van der Waals surface area contributed by atoms with E-state index in [1.807, 2.05) is 0 Å². The molecule has 1 saturated heterocycles. The maximum atomic E-state index is 11.5. The van der Waals surface area contributed by atoms with Crippen molar-refractivity contribution in [3.8, 4) is 0 Å². The molecule has 1 aromatic heterocycles. The van der Waals surface area contributed by atoms with Gasteiger partial charge in [-0.1, -0.05) is 0 Å². The zero-order valence-electron chi connectivity index (χ0n) is 10.5. The number of hydrogen-bond acceptors (Lipinski definition) is 6. The van der Waals surface area contributed by atoms with E-state index >= 15 is 0 Å². The normalized spacial score (nSPS) is 21.8. The number of fused-ring (bicyclic) bond motifs is 1. The first-order valence-corrected chi connectivity index (χ1v) is 7.86. The van der Waals surface area contributed by atoms with Crippen molar-refractivity contribution in [2.45, 2.75) is 12.5 Å². The van der Waals surface area contributed by atoms with Gasteiger partial charge in [0.2, 0.25) is 0 Å². The molecule has 6 nitrogen and oxygen atoms in total. The van der Waals surface area contributed by atoms with Crippen LogP contribution in [0, 0.1) is 0 Å². The summed E-state index contributed by atoms with van der Waals surface area (Å²) in [6, 6.07) is 5.62. The minimum atomic E-state index is -2.92. The molecule has 19 heavy (non-hydrogen) atoms. The van der Waals surface area contributed by atoms with Gasteiger partial charge < -0.3 is 15.1 Å². The van der Waals surface area contributed by atoms with Gasteiger partial charge in [-0.25, -0.2) is 8.42 Å². The highest BCUT2D eigenvalue weighted by molar-refractivity contribution is 7.91. The fourth-order valence-electron chi connectivity index (χ4n) is 2.32. The summed E-state index contributed by atoms with van der Waals surface area (Å²) in [6.07, 6.45) is 0.611. The van der Waals surface area contributed by atoms with Crippen molar-refractivity contribution < 1.29 is 12.8 Å². The van der Waals surface area contributed by atoms with Gasteiger partial charge >= 0.3 is 0 Å². The van der Waals surface area contributed by atoms with Crippen molar-refractivity contribution in [2.24, 2.45) is 0 Å². The van der Waals surface area contributed by atoms with Gasteiger partial charge in [-0.2, -0.15) is 4.98 Å². The highest BCUT2D eigenvalue weighted by atomic mass is 32.2. The fourth-order valence-corrected chi connectivity index (χ4v) is 4.09. The monoisotopic (exact) mass is 281 g/mol. The van der Waals surface area contributed by atoms with E-state index in [4.69, 9.17) is 10.2 Å². The third-order valence-corrected chi connectivity index (χ3v) is 5.21. The highest BCUT2D eigenvalue weighted by Gasteiger charge is 2.32. The first kappa shape index (κ1) is 12.3. The lowest BCUT2D eigenvalue weighted by molar-refractivity contribution is 0.551. The van der Waals surface area contributed by atoms with Gasteiger partial charge in [-0.15, -0.1) is 0 Å². The van der Waals surface area contributed by atoms with E-state index < -0.39 is 9.84 Å². The van der Waals surface area contributed by atoms with E-state index in [0.717, 1.165) is 5.52 Å². The zero-order chi connectivity index (χ0) is 13.6. The Morgan fingerprint density at radius 2 is 2.26 bits per heavy atom. The lowest BCUT2D eigenvalue weighted by Gasteiger charge is -2.20. The molecular formula is C12H15N3O3S. The summed E-state index contributed by atoms with van der Waals surface area (Å²) < 4.78 is 28.6. The number of nitrogens with two attached hydrogens (primary N) is 1.